The Balaban J connectivity index is 1.46. The highest BCUT2D eigenvalue weighted by Crippen LogP contribution is 2.29. The maximum Gasteiger partial charge on any atom is 0.295 e. The van der Waals surface area contributed by atoms with Gasteiger partial charge in [0.05, 0.1) is 21.9 Å². The third-order valence-corrected chi connectivity index (χ3v) is 6.99. The van der Waals surface area contributed by atoms with Crippen molar-refractivity contribution < 1.29 is 4.79 Å². The van der Waals surface area contributed by atoms with Crippen LogP contribution in [0, 0.1) is 13.8 Å². The molecule has 6 nitrogen and oxygen atoms in total. The summed E-state index contributed by atoms with van der Waals surface area (Å²) >= 11 is 1.56. The van der Waals surface area contributed by atoms with E-state index in [1.54, 1.807) is 21.1 Å². The fraction of sp³-hybridized carbons (Fsp3) is 0.296. The van der Waals surface area contributed by atoms with Crippen LogP contribution in [0.2, 0.25) is 0 Å². The molecule has 0 aliphatic heterocycles. The first-order chi connectivity index (χ1) is 16.3. The summed E-state index contributed by atoms with van der Waals surface area (Å²) in [6, 6.07) is 17.8. The largest absolute Gasteiger partial charge is 0.320 e. The summed E-state index contributed by atoms with van der Waals surface area (Å²) in [5.74, 6) is 0.779. The second-order valence-corrected chi connectivity index (χ2v) is 9.87. The normalized spacial score (nSPS) is 11.4. The van der Waals surface area contributed by atoms with Crippen LogP contribution in [0.5, 0.6) is 0 Å². The minimum Gasteiger partial charge on any atom is -0.320 e. The Morgan fingerprint density at radius 2 is 1.82 bits per heavy atom. The number of rotatable bonds is 7. The van der Waals surface area contributed by atoms with Gasteiger partial charge in [0, 0.05) is 24.6 Å². The van der Waals surface area contributed by atoms with Crippen LogP contribution in [-0.2, 0) is 11.8 Å². The van der Waals surface area contributed by atoms with Crippen molar-refractivity contribution in [1.29, 1.82) is 0 Å². The van der Waals surface area contributed by atoms with Crippen LogP contribution in [0.4, 0.5) is 5.69 Å². The highest BCUT2D eigenvalue weighted by molar-refractivity contribution is 7.99. The number of nitrogens with zero attached hydrogens (tertiary/aromatic N) is 3. The van der Waals surface area contributed by atoms with Gasteiger partial charge < -0.3 is 5.32 Å². The number of carbonyl (C=O) groups excluding carboxylic acids is 1. The van der Waals surface area contributed by atoms with Crippen LogP contribution in [0.15, 0.2) is 64.4 Å². The average molecular weight is 475 g/mol. The van der Waals surface area contributed by atoms with Crippen LogP contribution in [0.3, 0.4) is 0 Å². The highest BCUT2D eigenvalue weighted by atomic mass is 32.2. The summed E-state index contributed by atoms with van der Waals surface area (Å²) in [5.41, 5.74) is 5.00. The lowest BCUT2D eigenvalue weighted by molar-refractivity contribution is -0.115. The van der Waals surface area contributed by atoms with E-state index in [2.05, 4.69) is 50.4 Å². The van der Waals surface area contributed by atoms with E-state index >= 15 is 0 Å². The summed E-state index contributed by atoms with van der Waals surface area (Å²) in [6.07, 6.45) is 0.286. The predicted molar refractivity (Wildman–Crippen MR) is 140 cm³/mol. The molecule has 4 rings (SSSR count). The van der Waals surface area contributed by atoms with Gasteiger partial charge in [0.2, 0.25) is 5.91 Å². The molecule has 1 N–H and O–H groups in total. The van der Waals surface area contributed by atoms with Gasteiger partial charge in [0.1, 0.15) is 5.69 Å². The third-order valence-electron chi connectivity index (χ3n) is 6.07. The second-order valence-electron chi connectivity index (χ2n) is 8.76. The van der Waals surface area contributed by atoms with Gasteiger partial charge >= 0.3 is 0 Å². The van der Waals surface area contributed by atoms with Crippen molar-refractivity contribution in [2.45, 2.75) is 45.1 Å². The van der Waals surface area contributed by atoms with E-state index in [4.69, 9.17) is 4.98 Å². The van der Waals surface area contributed by atoms with E-state index in [1.165, 1.54) is 16.5 Å². The number of carbonyl (C=O) groups is 1. The molecule has 0 aliphatic rings. The fourth-order valence-corrected chi connectivity index (χ4v) is 5.02. The molecule has 2 heterocycles. The standard InChI is InChI=1S/C27H30N4O2S/c1-17(2)21-12-9-13-22-18(3)16-24(29-26(21)22)34-15-14-23(32)28-25-19(4)30(5)31(27(25)33)20-10-7-6-8-11-20/h6-13,16-17H,14-15H2,1-5H3,(H,28,32). The van der Waals surface area contributed by atoms with Crippen LogP contribution in [-0.4, -0.2) is 26.0 Å². The maximum absolute atomic E-state index is 13.0. The van der Waals surface area contributed by atoms with Crippen molar-refractivity contribution in [2.24, 2.45) is 7.05 Å². The number of pyridine rings is 1. The molecule has 2 aromatic carbocycles. The molecule has 0 radical (unpaired) electrons. The molecular formula is C27H30N4O2S. The minimum atomic E-state index is -0.236. The number of nitrogens with one attached hydrogen (secondary N) is 1. The molecule has 1 amide bonds. The van der Waals surface area contributed by atoms with Crippen LogP contribution < -0.4 is 10.9 Å². The number of aryl methyl sites for hydroxylation is 1. The Morgan fingerprint density at radius 1 is 1.09 bits per heavy atom. The zero-order valence-corrected chi connectivity index (χ0v) is 21.1. The lowest BCUT2D eigenvalue weighted by atomic mass is 9.98. The first-order valence-corrected chi connectivity index (χ1v) is 12.4. The van der Waals surface area contributed by atoms with E-state index in [1.807, 2.05) is 44.3 Å². The molecule has 0 unspecified atom stereocenters. The van der Waals surface area contributed by atoms with E-state index < -0.39 is 0 Å². The number of amides is 1. The Kier molecular flexibility index (Phi) is 6.93. The van der Waals surface area contributed by atoms with E-state index in [-0.39, 0.29) is 17.9 Å². The summed E-state index contributed by atoms with van der Waals surface area (Å²) < 4.78 is 3.32. The second kappa shape index (κ2) is 9.89. The van der Waals surface area contributed by atoms with Gasteiger partial charge in [-0.2, -0.15) is 0 Å². The van der Waals surface area contributed by atoms with E-state index in [0.29, 0.717) is 23.1 Å². The number of hydrogen-bond donors (Lipinski definition) is 1. The first kappa shape index (κ1) is 23.8. The maximum atomic E-state index is 13.0. The monoisotopic (exact) mass is 474 g/mol. The zero-order valence-electron chi connectivity index (χ0n) is 20.3. The van der Waals surface area contributed by atoms with Gasteiger partial charge in [-0.3, -0.25) is 14.3 Å². The van der Waals surface area contributed by atoms with Gasteiger partial charge in [-0.1, -0.05) is 50.2 Å². The number of thioether (sulfide) groups is 1. The molecule has 34 heavy (non-hydrogen) atoms. The molecule has 176 valence electrons. The molecule has 4 aromatic rings. The summed E-state index contributed by atoms with van der Waals surface area (Å²) in [7, 11) is 1.81. The van der Waals surface area contributed by atoms with Crippen LogP contribution >= 0.6 is 11.8 Å². The van der Waals surface area contributed by atoms with Crippen molar-refractivity contribution in [3.63, 3.8) is 0 Å². The molecule has 0 fully saturated rings. The molecule has 0 aliphatic carbocycles. The number of aromatic nitrogens is 3. The van der Waals surface area contributed by atoms with Crippen LogP contribution in [0.1, 0.15) is 43.0 Å². The van der Waals surface area contributed by atoms with Crippen molar-refractivity contribution >= 4 is 34.3 Å². The number of benzene rings is 2. The Labute approximate surface area is 204 Å². The summed E-state index contributed by atoms with van der Waals surface area (Å²) in [5, 5.41) is 4.91. The minimum absolute atomic E-state index is 0.182. The van der Waals surface area contributed by atoms with Gasteiger partial charge in [0.25, 0.3) is 5.56 Å². The van der Waals surface area contributed by atoms with Gasteiger partial charge in [-0.05, 0) is 49.1 Å². The first-order valence-electron chi connectivity index (χ1n) is 11.4. The molecule has 0 bridgehead atoms. The Bertz CT molecular complexity index is 1400. The zero-order chi connectivity index (χ0) is 24.4. The van der Waals surface area contributed by atoms with E-state index in [9.17, 15) is 9.59 Å². The number of hydrogen-bond acceptors (Lipinski definition) is 4. The number of fused-ring (bicyclic) bond motifs is 1. The Morgan fingerprint density at radius 3 is 2.53 bits per heavy atom. The van der Waals surface area contributed by atoms with Crippen molar-refractivity contribution in [2.75, 3.05) is 11.1 Å². The lowest BCUT2D eigenvalue weighted by Crippen LogP contribution is -2.23. The van der Waals surface area contributed by atoms with Gasteiger partial charge in [-0.25, -0.2) is 9.67 Å². The van der Waals surface area contributed by atoms with Crippen LogP contribution in [0.25, 0.3) is 16.6 Å². The SMILES string of the molecule is Cc1cc(SCCC(=O)Nc2c(C)n(C)n(-c3ccccc3)c2=O)nc2c(C(C)C)cccc12. The number of anilines is 1. The number of para-hydroxylation sites is 2. The van der Waals surface area contributed by atoms with Crippen molar-refractivity contribution in [3.05, 3.63) is 81.8 Å². The molecule has 0 atom stereocenters. The molecule has 0 spiro atoms. The van der Waals surface area contributed by atoms with E-state index in [0.717, 1.165) is 16.2 Å². The average Bonchev–Trinajstić information content (AvgIpc) is 3.02. The van der Waals surface area contributed by atoms with Crippen molar-refractivity contribution in [1.82, 2.24) is 14.3 Å². The highest BCUT2D eigenvalue weighted by Gasteiger charge is 2.18. The smallest absolute Gasteiger partial charge is 0.295 e. The van der Waals surface area contributed by atoms with Gasteiger partial charge in [0.15, 0.2) is 0 Å². The topological polar surface area (TPSA) is 68.9 Å². The van der Waals surface area contributed by atoms with Crippen molar-refractivity contribution in [3.8, 4) is 5.69 Å². The molecule has 2 aromatic heterocycles. The third kappa shape index (κ3) is 4.66. The lowest BCUT2D eigenvalue weighted by Gasteiger charge is -2.12. The Hall–Kier alpha value is -3.32. The molecule has 7 heteroatoms. The molecular weight excluding hydrogens is 444 g/mol. The summed E-state index contributed by atoms with van der Waals surface area (Å²) in [6.45, 7) is 8.28. The predicted octanol–water partition coefficient (Wildman–Crippen LogP) is 5.59. The molecule has 0 saturated carbocycles. The molecule has 0 saturated heterocycles. The summed E-state index contributed by atoms with van der Waals surface area (Å²) in [4.78, 5) is 30.6. The fourth-order valence-electron chi connectivity index (χ4n) is 4.11. The quantitative estimate of drug-likeness (QED) is 0.355. The van der Waals surface area contributed by atoms with Gasteiger partial charge in [-0.15, -0.1) is 11.8 Å².